The number of anilines is 1. The molecule has 140 valence electrons. The number of nitrogens with two attached hydrogens (primary N) is 1. The normalized spacial score (nSPS) is 16.2. The third-order valence-electron chi connectivity index (χ3n) is 4.58. The molecule has 0 bridgehead atoms. The zero-order valence-corrected chi connectivity index (χ0v) is 15.3. The van der Waals surface area contributed by atoms with Gasteiger partial charge >= 0.3 is 0 Å². The molecule has 0 atom stereocenters. The van der Waals surface area contributed by atoms with Crippen LogP contribution in [-0.2, 0) is 11.3 Å². The van der Waals surface area contributed by atoms with Crippen molar-refractivity contribution in [2.45, 2.75) is 32.7 Å². The first-order valence-electron chi connectivity index (χ1n) is 9.29. The minimum atomic E-state index is 0.311. The standard InChI is InChI=1S/C19H32N4O2/c1-2-25-13-3-10-21-19(20)22-14-16-4-6-18(7-5-16)23-11-8-17(15-24)9-12-23/h4-7,17,24H,2-3,8-15H2,1H3,(H3,20,21,22). The summed E-state index contributed by atoms with van der Waals surface area (Å²) in [6.07, 6.45) is 3.05. The van der Waals surface area contributed by atoms with Crippen LogP contribution >= 0.6 is 0 Å². The van der Waals surface area contributed by atoms with E-state index in [2.05, 4.69) is 39.5 Å². The van der Waals surface area contributed by atoms with E-state index in [0.29, 0.717) is 25.0 Å². The Balaban J connectivity index is 1.73. The van der Waals surface area contributed by atoms with Crippen LogP contribution in [0.5, 0.6) is 0 Å². The zero-order chi connectivity index (χ0) is 17.9. The van der Waals surface area contributed by atoms with Gasteiger partial charge in [0.1, 0.15) is 0 Å². The molecular weight excluding hydrogens is 316 g/mol. The van der Waals surface area contributed by atoms with Crippen molar-refractivity contribution in [1.82, 2.24) is 5.32 Å². The largest absolute Gasteiger partial charge is 0.396 e. The Morgan fingerprint density at radius 1 is 1.32 bits per heavy atom. The van der Waals surface area contributed by atoms with Crippen molar-refractivity contribution >= 4 is 11.6 Å². The zero-order valence-electron chi connectivity index (χ0n) is 15.3. The first-order valence-corrected chi connectivity index (χ1v) is 9.29. The van der Waals surface area contributed by atoms with Gasteiger partial charge in [0.05, 0.1) is 6.54 Å². The Morgan fingerprint density at radius 2 is 2.04 bits per heavy atom. The Labute approximate surface area is 151 Å². The van der Waals surface area contributed by atoms with Crippen molar-refractivity contribution < 1.29 is 9.84 Å². The van der Waals surface area contributed by atoms with Crippen LogP contribution in [0.3, 0.4) is 0 Å². The average Bonchev–Trinajstić information content (AvgIpc) is 2.67. The summed E-state index contributed by atoms with van der Waals surface area (Å²) in [6, 6.07) is 8.52. The summed E-state index contributed by atoms with van der Waals surface area (Å²) in [6.45, 7) is 7.18. The van der Waals surface area contributed by atoms with Gasteiger partial charge in [-0.05, 0) is 49.8 Å². The number of ether oxygens (including phenoxy) is 1. The van der Waals surface area contributed by atoms with Crippen LogP contribution in [-0.4, -0.2) is 50.5 Å². The minimum Gasteiger partial charge on any atom is -0.396 e. The molecule has 1 aliphatic rings. The molecule has 1 aromatic carbocycles. The fourth-order valence-electron chi connectivity index (χ4n) is 2.95. The predicted octanol–water partition coefficient (Wildman–Crippen LogP) is 1.73. The van der Waals surface area contributed by atoms with Crippen molar-refractivity contribution in [2.75, 3.05) is 44.4 Å². The maximum atomic E-state index is 9.23. The number of aliphatic imine (C=N–C) groups is 1. The molecule has 0 radical (unpaired) electrons. The third kappa shape index (κ3) is 6.92. The second-order valence-corrected chi connectivity index (χ2v) is 6.46. The summed E-state index contributed by atoms with van der Waals surface area (Å²) in [5, 5.41) is 12.3. The molecule has 25 heavy (non-hydrogen) atoms. The molecule has 0 saturated carbocycles. The van der Waals surface area contributed by atoms with E-state index in [9.17, 15) is 5.11 Å². The molecule has 1 saturated heterocycles. The van der Waals surface area contributed by atoms with Gasteiger partial charge in [-0.3, -0.25) is 0 Å². The summed E-state index contributed by atoms with van der Waals surface area (Å²) in [5.74, 6) is 0.945. The van der Waals surface area contributed by atoms with E-state index in [1.807, 2.05) is 6.92 Å². The number of piperidine rings is 1. The molecule has 0 aromatic heterocycles. The van der Waals surface area contributed by atoms with Crippen molar-refractivity contribution in [1.29, 1.82) is 0 Å². The monoisotopic (exact) mass is 348 g/mol. The van der Waals surface area contributed by atoms with Crippen molar-refractivity contribution in [3.05, 3.63) is 29.8 Å². The fraction of sp³-hybridized carbons (Fsp3) is 0.632. The molecule has 0 unspecified atom stereocenters. The second kappa shape index (κ2) is 10.9. The molecule has 6 heteroatoms. The lowest BCUT2D eigenvalue weighted by Crippen LogP contribution is -2.34. The highest BCUT2D eigenvalue weighted by molar-refractivity contribution is 5.77. The molecule has 0 aliphatic carbocycles. The molecule has 0 amide bonds. The Morgan fingerprint density at radius 3 is 2.68 bits per heavy atom. The summed E-state index contributed by atoms with van der Waals surface area (Å²) < 4.78 is 5.28. The number of benzene rings is 1. The van der Waals surface area contributed by atoms with Gasteiger partial charge in [0.2, 0.25) is 0 Å². The van der Waals surface area contributed by atoms with Crippen molar-refractivity contribution in [3.8, 4) is 0 Å². The SMILES string of the molecule is CCOCCCNC(N)=NCc1ccc(N2CCC(CO)CC2)cc1. The summed E-state index contributed by atoms with van der Waals surface area (Å²) in [4.78, 5) is 6.76. The van der Waals surface area contributed by atoms with E-state index in [4.69, 9.17) is 10.5 Å². The van der Waals surface area contributed by atoms with Crippen LogP contribution in [0.25, 0.3) is 0 Å². The lowest BCUT2D eigenvalue weighted by molar-refractivity contribution is 0.145. The van der Waals surface area contributed by atoms with Gasteiger partial charge in [0.25, 0.3) is 0 Å². The minimum absolute atomic E-state index is 0.311. The van der Waals surface area contributed by atoms with Gasteiger partial charge in [-0.25, -0.2) is 4.99 Å². The van der Waals surface area contributed by atoms with E-state index < -0.39 is 0 Å². The lowest BCUT2D eigenvalue weighted by atomic mass is 9.97. The Hall–Kier alpha value is -1.79. The Bertz CT molecular complexity index is 511. The van der Waals surface area contributed by atoms with Gasteiger partial charge in [0, 0.05) is 45.1 Å². The molecule has 1 fully saturated rings. The van der Waals surface area contributed by atoms with Crippen molar-refractivity contribution in [3.63, 3.8) is 0 Å². The molecule has 0 spiro atoms. The highest BCUT2D eigenvalue weighted by Crippen LogP contribution is 2.23. The molecule has 1 aromatic rings. The number of rotatable bonds is 9. The topological polar surface area (TPSA) is 83.1 Å². The molecule has 1 aliphatic heterocycles. The molecule has 4 N–H and O–H groups in total. The second-order valence-electron chi connectivity index (χ2n) is 6.46. The highest BCUT2D eigenvalue weighted by Gasteiger charge is 2.18. The fourth-order valence-corrected chi connectivity index (χ4v) is 2.95. The highest BCUT2D eigenvalue weighted by atomic mass is 16.5. The summed E-state index contributed by atoms with van der Waals surface area (Å²) in [7, 11) is 0. The third-order valence-corrected chi connectivity index (χ3v) is 4.58. The Kier molecular flexibility index (Phi) is 8.55. The average molecular weight is 348 g/mol. The van der Waals surface area contributed by atoms with Crippen molar-refractivity contribution in [2.24, 2.45) is 16.6 Å². The van der Waals surface area contributed by atoms with Crippen LogP contribution in [0, 0.1) is 5.92 Å². The number of hydrogen-bond acceptors (Lipinski definition) is 4. The number of hydrogen-bond donors (Lipinski definition) is 3. The van der Waals surface area contributed by atoms with Crippen LogP contribution in [0.15, 0.2) is 29.3 Å². The lowest BCUT2D eigenvalue weighted by Gasteiger charge is -2.32. The van der Waals surface area contributed by atoms with Crippen LogP contribution < -0.4 is 16.0 Å². The summed E-state index contributed by atoms with van der Waals surface area (Å²) >= 11 is 0. The summed E-state index contributed by atoms with van der Waals surface area (Å²) in [5.41, 5.74) is 8.27. The maximum Gasteiger partial charge on any atom is 0.188 e. The quantitative estimate of drug-likeness (QED) is 0.360. The van der Waals surface area contributed by atoms with Crippen LogP contribution in [0.4, 0.5) is 5.69 Å². The number of aliphatic hydroxyl groups is 1. The van der Waals surface area contributed by atoms with Gasteiger partial charge in [-0.1, -0.05) is 12.1 Å². The number of nitrogens with zero attached hydrogens (tertiary/aromatic N) is 2. The van der Waals surface area contributed by atoms with Gasteiger partial charge in [-0.2, -0.15) is 0 Å². The van der Waals surface area contributed by atoms with E-state index in [0.717, 1.165) is 57.7 Å². The predicted molar refractivity (Wildman–Crippen MR) is 103 cm³/mol. The van der Waals surface area contributed by atoms with Gasteiger partial charge < -0.3 is 25.8 Å². The first-order chi connectivity index (χ1) is 12.2. The van der Waals surface area contributed by atoms with E-state index >= 15 is 0 Å². The number of aliphatic hydroxyl groups excluding tert-OH is 1. The number of nitrogens with one attached hydrogen (secondary N) is 1. The molecule has 6 nitrogen and oxygen atoms in total. The van der Waals surface area contributed by atoms with E-state index in [1.54, 1.807) is 0 Å². The molecular formula is C19H32N4O2. The maximum absolute atomic E-state index is 9.23. The number of guanidine groups is 1. The first kappa shape index (κ1) is 19.5. The van der Waals surface area contributed by atoms with Gasteiger partial charge in [-0.15, -0.1) is 0 Å². The smallest absolute Gasteiger partial charge is 0.188 e. The molecule has 2 rings (SSSR count). The van der Waals surface area contributed by atoms with E-state index in [1.165, 1.54) is 5.69 Å². The molecule has 1 heterocycles. The van der Waals surface area contributed by atoms with Crippen LogP contribution in [0.2, 0.25) is 0 Å². The van der Waals surface area contributed by atoms with Crippen LogP contribution in [0.1, 0.15) is 31.7 Å². The van der Waals surface area contributed by atoms with Gasteiger partial charge in [0.15, 0.2) is 5.96 Å². The van der Waals surface area contributed by atoms with E-state index in [-0.39, 0.29) is 0 Å².